The first-order valence-corrected chi connectivity index (χ1v) is 9.99. The zero-order valence-corrected chi connectivity index (χ0v) is 17.6. The molecule has 1 heterocycles. The Hall–Kier alpha value is -2.92. The van der Waals surface area contributed by atoms with Gasteiger partial charge in [0.15, 0.2) is 0 Å². The van der Waals surface area contributed by atoms with Gasteiger partial charge in [-0.3, -0.25) is 14.2 Å². The Kier molecular flexibility index (Phi) is 6.49. The van der Waals surface area contributed by atoms with Crippen molar-refractivity contribution in [3.05, 3.63) is 80.7 Å². The summed E-state index contributed by atoms with van der Waals surface area (Å²) < 4.78 is 1.40. The summed E-state index contributed by atoms with van der Waals surface area (Å²) in [5.74, 6) is 0.188. The average Bonchev–Trinajstić information content (AvgIpc) is 2.67. The van der Waals surface area contributed by atoms with Gasteiger partial charge in [-0.15, -0.1) is 0 Å². The standard InChI is InChI=1S/C23H24ClN3O2/c1-4-5-19-13-22(29)27(23(25-19)17-7-9-18(24)10-8-17)14-21(28)26-20-11-6-15(2)12-16(20)3/h6-13H,4-5,14H2,1-3H3,(H,26,28). The van der Waals surface area contributed by atoms with Crippen molar-refractivity contribution < 1.29 is 4.79 Å². The predicted molar refractivity (Wildman–Crippen MR) is 117 cm³/mol. The van der Waals surface area contributed by atoms with Gasteiger partial charge in [0.05, 0.1) is 0 Å². The number of hydrogen-bond acceptors (Lipinski definition) is 3. The van der Waals surface area contributed by atoms with Crippen molar-refractivity contribution in [2.45, 2.75) is 40.2 Å². The molecule has 0 saturated heterocycles. The van der Waals surface area contributed by atoms with Gasteiger partial charge in [-0.2, -0.15) is 0 Å². The molecule has 0 saturated carbocycles. The summed E-state index contributed by atoms with van der Waals surface area (Å²) in [4.78, 5) is 30.1. The third-order valence-electron chi connectivity index (χ3n) is 4.63. The number of nitrogens with one attached hydrogen (secondary N) is 1. The van der Waals surface area contributed by atoms with Crippen molar-refractivity contribution >= 4 is 23.2 Å². The number of aromatic nitrogens is 2. The normalized spacial score (nSPS) is 10.8. The second kappa shape index (κ2) is 9.05. The molecule has 0 radical (unpaired) electrons. The van der Waals surface area contributed by atoms with Gasteiger partial charge in [0, 0.05) is 28.0 Å². The van der Waals surface area contributed by atoms with Crippen LogP contribution in [0.25, 0.3) is 11.4 Å². The van der Waals surface area contributed by atoms with Crippen LogP contribution in [-0.2, 0) is 17.8 Å². The van der Waals surface area contributed by atoms with Crippen LogP contribution in [0.2, 0.25) is 5.02 Å². The van der Waals surface area contributed by atoms with Gasteiger partial charge < -0.3 is 5.32 Å². The minimum atomic E-state index is -0.278. The number of carbonyl (C=O) groups excluding carboxylic acids is 1. The van der Waals surface area contributed by atoms with Crippen molar-refractivity contribution in [1.29, 1.82) is 0 Å². The van der Waals surface area contributed by atoms with Gasteiger partial charge in [-0.05, 0) is 56.2 Å². The summed E-state index contributed by atoms with van der Waals surface area (Å²) in [7, 11) is 0. The Morgan fingerprint density at radius 3 is 2.48 bits per heavy atom. The maximum Gasteiger partial charge on any atom is 0.254 e. The van der Waals surface area contributed by atoms with E-state index in [-0.39, 0.29) is 18.0 Å². The molecular weight excluding hydrogens is 386 g/mol. The van der Waals surface area contributed by atoms with Gasteiger partial charge in [-0.1, -0.05) is 42.6 Å². The van der Waals surface area contributed by atoms with E-state index in [4.69, 9.17) is 11.6 Å². The van der Waals surface area contributed by atoms with Crippen LogP contribution in [0.3, 0.4) is 0 Å². The van der Waals surface area contributed by atoms with Crippen molar-refractivity contribution in [2.75, 3.05) is 5.32 Å². The number of rotatable bonds is 6. The number of anilines is 1. The molecule has 2 aromatic carbocycles. The van der Waals surface area contributed by atoms with Gasteiger partial charge in [0.25, 0.3) is 5.56 Å². The van der Waals surface area contributed by atoms with E-state index in [9.17, 15) is 9.59 Å². The van der Waals surface area contributed by atoms with Crippen LogP contribution in [0.5, 0.6) is 0 Å². The second-order valence-corrected chi connectivity index (χ2v) is 7.56. The lowest BCUT2D eigenvalue weighted by Crippen LogP contribution is -2.30. The summed E-state index contributed by atoms with van der Waals surface area (Å²) in [6.07, 6.45) is 1.58. The highest BCUT2D eigenvalue weighted by Gasteiger charge is 2.15. The van der Waals surface area contributed by atoms with Crippen molar-refractivity contribution in [2.24, 2.45) is 0 Å². The minimum absolute atomic E-state index is 0.122. The van der Waals surface area contributed by atoms with Crippen molar-refractivity contribution in [3.63, 3.8) is 0 Å². The molecule has 1 amide bonds. The molecule has 0 spiro atoms. The summed E-state index contributed by atoms with van der Waals surface area (Å²) in [5.41, 5.74) is 4.04. The molecule has 6 heteroatoms. The Bertz CT molecular complexity index is 1090. The Morgan fingerprint density at radius 1 is 1.10 bits per heavy atom. The highest BCUT2D eigenvalue weighted by molar-refractivity contribution is 6.30. The van der Waals surface area contributed by atoms with Gasteiger partial charge in [0.1, 0.15) is 12.4 Å². The smallest absolute Gasteiger partial charge is 0.254 e. The fraction of sp³-hybridized carbons (Fsp3) is 0.261. The highest BCUT2D eigenvalue weighted by atomic mass is 35.5. The van der Waals surface area contributed by atoms with Crippen LogP contribution >= 0.6 is 11.6 Å². The van der Waals surface area contributed by atoms with Crippen LogP contribution in [0.1, 0.15) is 30.2 Å². The number of carbonyl (C=O) groups is 1. The molecule has 0 aliphatic carbocycles. The number of halogens is 1. The third-order valence-corrected chi connectivity index (χ3v) is 4.88. The molecule has 0 fully saturated rings. The summed E-state index contributed by atoms with van der Waals surface area (Å²) in [5, 5.41) is 3.49. The van der Waals surface area contributed by atoms with Crippen LogP contribution in [0, 0.1) is 13.8 Å². The first kappa shape index (κ1) is 20.8. The lowest BCUT2D eigenvalue weighted by Gasteiger charge is -2.15. The molecule has 150 valence electrons. The van der Waals surface area contributed by atoms with Crippen LogP contribution in [-0.4, -0.2) is 15.5 Å². The molecule has 0 bridgehead atoms. The lowest BCUT2D eigenvalue weighted by molar-refractivity contribution is -0.116. The van der Waals surface area contributed by atoms with E-state index in [0.717, 1.165) is 28.8 Å². The van der Waals surface area contributed by atoms with E-state index < -0.39 is 0 Å². The molecule has 0 aliphatic heterocycles. The molecule has 0 unspecified atom stereocenters. The van der Waals surface area contributed by atoms with Gasteiger partial charge >= 0.3 is 0 Å². The minimum Gasteiger partial charge on any atom is -0.324 e. The molecule has 3 aromatic rings. The Balaban J connectivity index is 1.95. The molecule has 5 nitrogen and oxygen atoms in total. The predicted octanol–water partition coefficient (Wildman–Crippen LogP) is 4.77. The van der Waals surface area contributed by atoms with Crippen molar-refractivity contribution in [1.82, 2.24) is 9.55 Å². The fourth-order valence-corrected chi connectivity index (χ4v) is 3.32. The highest BCUT2D eigenvalue weighted by Crippen LogP contribution is 2.20. The molecule has 1 N–H and O–H groups in total. The third kappa shape index (κ3) is 5.12. The van der Waals surface area contributed by atoms with Gasteiger partial charge in [-0.25, -0.2) is 4.98 Å². The Morgan fingerprint density at radius 2 is 1.83 bits per heavy atom. The zero-order valence-electron chi connectivity index (χ0n) is 16.8. The van der Waals surface area contributed by atoms with E-state index in [0.29, 0.717) is 23.0 Å². The fourth-order valence-electron chi connectivity index (χ4n) is 3.20. The molecule has 1 aromatic heterocycles. The largest absolute Gasteiger partial charge is 0.324 e. The molecule has 3 rings (SSSR count). The van der Waals surface area contributed by atoms with E-state index in [1.807, 2.05) is 39.0 Å². The van der Waals surface area contributed by atoms with E-state index in [1.54, 1.807) is 24.3 Å². The van der Waals surface area contributed by atoms with Crippen LogP contribution < -0.4 is 10.9 Å². The topological polar surface area (TPSA) is 64.0 Å². The van der Waals surface area contributed by atoms with Crippen molar-refractivity contribution in [3.8, 4) is 11.4 Å². The van der Waals surface area contributed by atoms with Crippen LogP contribution in [0.15, 0.2) is 53.3 Å². The SMILES string of the molecule is CCCc1cc(=O)n(CC(=O)Nc2ccc(C)cc2C)c(-c2ccc(Cl)cc2)n1. The zero-order chi connectivity index (χ0) is 21.0. The first-order chi connectivity index (χ1) is 13.9. The lowest BCUT2D eigenvalue weighted by atomic mass is 10.1. The second-order valence-electron chi connectivity index (χ2n) is 7.12. The molecule has 29 heavy (non-hydrogen) atoms. The maximum atomic E-state index is 12.8. The number of nitrogens with zero attached hydrogens (tertiary/aromatic N) is 2. The number of benzene rings is 2. The quantitative estimate of drug-likeness (QED) is 0.637. The first-order valence-electron chi connectivity index (χ1n) is 9.61. The summed E-state index contributed by atoms with van der Waals surface area (Å²) in [6, 6.07) is 14.4. The van der Waals surface area contributed by atoms with E-state index >= 15 is 0 Å². The Labute approximate surface area is 175 Å². The number of amides is 1. The number of aryl methyl sites for hydroxylation is 3. The van der Waals surface area contributed by atoms with E-state index in [1.165, 1.54) is 10.6 Å². The van der Waals surface area contributed by atoms with E-state index in [2.05, 4.69) is 10.3 Å². The monoisotopic (exact) mass is 409 g/mol. The molecular formula is C23H24ClN3O2. The number of hydrogen-bond donors (Lipinski definition) is 1. The van der Waals surface area contributed by atoms with Gasteiger partial charge in [0.2, 0.25) is 5.91 Å². The summed E-state index contributed by atoms with van der Waals surface area (Å²) >= 11 is 6.00. The summed E-state index contributed by atoms with van der Waals surface area (Å²) in [6.45, 7) is 5.85. The maximum absolute atomic E-state index is 12.8. The molecule has 0 aliphatic rings. The molecule has 0 atom stereocenters. The average molecular weight is 410 g/mol. The van der Waals surface area contributed by atoms with Crippen LogP contribution in [0.4, 0.5) is 5.69 Å².